The molecule has 0 bridgehead atoms. The molecule has 118 valence electrons. The number of nitrogens with zero attached hydrogens (tertiary/aromatic N) is 1. The molecule has 2 rings (SSSR count). The molecule has 3 nitrogen and oxygen atoms in total. The van der Waals surface area contributed by atoms with Gasteiger partial charge in [-0.15, -0.1) is 0 Å². The lowest BCUT2D eigenvalue weighted by atomic mass is 9.98. The summed E-state index contributed by atoms with van der Waals surface area (Å²) < 4.78 is 5.45. The average Bonchev–Trinajstić information content (AvgIpc) is 2.53. The number of benzene rings is 1. The second kappa shape index (κ2) is 8.52. The van der Waals surface area contributed by atoms with Crippen molar-refractivity contribution in [3.63, 3.8) is 0 Å². The summed E-state index contributed by atoms with van der Waals surface area (Å²) in [7, 11) is 1.83. The zero-order valence-electron chi connectivity index (χ0n) is 13.8. The lowest BCUT2D eigenvalue weighted by Crippen LogP contribution is -2.38. The summed E-state index contributed by atoms with van der Waals surface area (Å²) in [4.78, 5) is 2.58. The SMILES string of the molecule is CCNC(CCN1CCC(OC)CC1)c1ccccc1C. The summed E-state index contributed by atoms with van der Waals surface area (Å²) in [6.45, 7) is 8.93. The maximum Gasteiger partial charge on any atom is 0.0595 e. The summed E-state index contributed by atoms with van der Waals surface area (Å²) in [6, 6.07) is 9.22. The molecule has 1 aliphatic rings. The molecule has 0 radical (unpaired) electrons. The zero-order chi connectivity index (χ0) is 15.1. The summed E-state index contributed by atoms with van der Waals surface area (Å²) in [5.41, 5.74) is 2.84. The van der Waals surface area contributed by atoms with Crippen molar-refractivity contribution in [2.75, 3.05) is 33.3 Å². The maximum absolute atomic E-state index is 5.45. The van der Waals surface area contributed by atoms with Gasteiger partial charge in [0.25, 0.3) is 0 Å². The summed E-state index contributed by atoms with van der Waals surface area (Å²) >= 11 is 0. The molecule has 1 fully saturated rings. The molecule has 0 aromatic heterocycles. The number of piperidine rings is 1. The Morgan fingerprint density at radius 1 is 1.29 bits per heavy atom. The third-order valence-electron chi connectivity index (χ3n) is 4.62. The Bertz CT molecular complexity index is 413. The van der Waals surface area contributed by atoms with Crippen molar-refractivity contribution in [1.82, 2.24) is 10.2 Å². The molecule has 1 atom stereocenters. The maximum atomic E-state index is 5.45. The summed E-state index contributed by atoms with van der Waals surface area (Å²) in [5.74, 6) is 0. The smallest absolute Gasteiger partial charge is 0.0595 e. The minimum atomic E-state index is 0.469. The van der Waals surface area contributed by atoms with Crippen molar-refractivity contribution >= 4 is 0 Å². The molecule has 0 spiro atoms. The van der Waals surface area contributed by atoms with E-state index in [9.17, 15) is 0 Å². The third kappa shape index (κ3) is 4.80. The van der Waals surface area contributed by atoms with E-state index in [1.54, 1.807) is 0 Å². The van der Waals surface area contributed by atoms with E-state index in [2.05, 4.69) is 48.3 Å². The molecule has 1 aromatic carbocycles. The van der Waals surface area contributed by atoms with Gasteiger partial charge in [-0.1, -0.05) is 31.2 Å². The molecule has 1 saturated heterocycles. The van der Waals surface area contributed by atoms with Gasteiger partial charge in [-0.05, 0) is 50.4 Å². The molecule has 0 amide bonds. The predicted octanol–water partition coefficient (Wildman–Crippen LogP) is 3.15. The molecule has 1 aromatic rings. The second-order valence-electron chi connectivity index (χ2n) is 6.03. The topological polar surface area (TPSA) is 24.5 Å². The molecule has 21 heavy (non-hydrogen) atoms. The first kappa shape index (κ1) is 16.5. The van der Waals surface area contributed by atoms with Gasteiger partial charge in [0.15, 0.2) is 0 Å². The van der Waals surface area contributed by atoms with Crippen molar-refractivity contribution in [1.29, 1.82) is 0 Å². The van der Waals surface area contributed by atoms with Crippen LogP contribution in [0.15, 0.2) is 24.3 Å². The van der Waals surface area contributed by atoms with Crippen LogP contribution in [0, 0.1) is 6.92 Å². The lowest BCUT2D eigenvalue weighted by molar-refractivity contribution is 0.0401. The van der Waals surface area contributed by atoms with Crippen LogP contribution in [0.3, 0.4) is 0 Å². The van der Waals surface area contributed by atoms with Crippen LogP contribution in [0.25, 0.3) is 0 Å². The minimum Gasteiger partial charge on any atom is -0.381 e. The van der Waals surface area contributed by atoms with E-state index in [1.165, 1.54) is 50.0 Å². The van der Waals surface area contributed by atoms with Crippen LogP contribution in [0.4, 0.5) is 0 Å². The Labute approximate surface area is 129 Å². The largest absolute Gasteiger partial charge is 0.381 e. The fraction of sp³-hybridized carbons (Fsp3) is 0.667. The van der Waals surface area contributed by atoms with Crippen molar-refractivity contribution in [2.24, 2.45) is 0 Å². The Morgan fingerprint density at radius 2 is 2.00 bits per heavy atom. The van der Waals surface area contributed by atoms with E-state index in [4.69, 9.17) is 4.74 Å². The van der Waals surface area contributed by atoms with Gasteiger partial charge >= 0.3 is 0 Å². The molecule has 1 heterocycles. The highest BCUT2D eigenvalue weighted by Gasteiger charge is 2.20. The van der Waals surface area contributed by atoms with Gasteiger partial charge in [0.05, 0.1) is 6.10 Å². The normalized spacial score (nSPS) is 18.8. The Hall–Kier alpha value is -0.900. The number of likely N-dealkylation sites (tertiary alicyclic amines) is 1. The molecule has 0 saturated carbocycles. The molecule has 1 unspecified atom stereocenters. The first-order valence-electron chi connectivity index (χ1n) is 8.28. The van der Waals surface area contributed by atoms with Crippen molar-refractivity contribution in [3.8, 4) is 0 Å². The van der Waals surface area contributed by atoms with Crippen molar-refractivity contribution < 1.29 is 4.74 Å². The molecule has 1 N–H and O–H groups in total. The van der Waals surface area contributed by atoms with E-state index in [-0.39, 0.29) is 0 Å². The predicted molar refractivity (Wildman–Crippen MR) is 88.7 cm³/mol. The molecular weight excluding hydrogens is 260 g/mol. The van der Waals surface area contributed by atoms with Crippen LogP contribution in [0.1, 0.15) is 43.4 Å². The van der Waals surface area contributed by atoms with E-state index in [0.29, 0.717) is 12.1 Å². The Kier molecular flexibility index (Phi) is 6.68. The molecule has 1 aliphatic heterocycles. The minimum absolute atomic E-state index is 0.469. The van der Waals surface area contributed by atoms with E-state index < -0.39 is 0 Å². The first-order valence-corrected chi connectivity index (χ1v) is 8.28. The third-order valence-corrected chi connectivity index (χ3v) is 4.62. The van der Waals surface area contributed by atoms with Crippen molar-refractivity contribution in [3.05, 3.63) is 35.4 Å². The van der Waals surface area contributed by atoms with Crippen LogP contribution in [-0.2, 0) is 4.74 Å². The number of rotatable bonds is 7. The zero-order valence-corrected chi connectivity index (χ0v) is 13.8. The average molecular weight is 290 g/mol. The van der Waals surface area contributed by atoms with Gasteiger partial charge in [0.1, 0.15) is 0 Å². The highest BCUT2D eigenvalue weighted by atomic mass is 16.5. The highest BCUT2D eigenvalue weighted by Crippen LogP contribution is 2.22. The van der Waals surface area contributed by atoms with Gasteiger partial charge in [-0.3, -0.25) is 0 Å². The van der Waals surface area contributed by atoms with Gasteiger partial charge in [-0.2, -0.15) is 0 Å². The standard InChI is InChI=1S/C18H30N2O/c1-4-19-18(17-8-6-5-7-15(17)2)11-14-20-12-9-16(21-3)10-13-20/h5-8,16,18-19H,4,9-14H2,1-3H3. The van der Waals surface area contributed by atoms with Gasteiger partial charge in [-0.25, -0.2) is 0 Å². The number of ether oxygens (including phenoxy) is 1. The Morgan fingerprint density at radius 3 is 2.62 bits per heavy atom. The van der Waals surface area contributed by atoms with Crippen LogP contribution >= 0.6 is 0 Å². The summed E-state index contributed by atoms with van der Waals surface area (Å²) in [5, 5.41) is 3.65. The van der Waals surface area contributed by atoms with Gasteiger partial charge in [0, 0.05) is 26.2 Å². The lowest BCUT2D eigenvalue weighted by Gasteiger charge is -2.32. The quantitative estimate of drug-likeness (QED) is 0.835. The van der Waals surface area contributed by atoms with Gasteiger partial charge < -0.3 is 15.0 Å². The van der Waals surface area contributed by atoms with E-state index in [1.807, 2.05) is 7.11 Å². The molecule has 0 aliphatic carbocycles. The van der Waals surface area contributed by atoms with E-state index >= 15 is 0 Å². The number of hydrogen-bond acceptors (Lipinski definition) is 3. The first-order chi connectivity index (χ1) is 10.2. The molecule has 3 heteroatoms. The highest BCUT2D eigenvalue weighted by molar-refractivity contribution is 5.28. The number of hydrogen-bond donors (Lipinski definition) is 1. The summed E-state index contributed by atoms with van der Waals surface area (Å²) in [6.07, 6.45) is 4.00. The van der Waals surface area contributed by atoms with Crippen LogP contribution in [0.2, 0.25) is 0 Å². The van der Waals surface area contributed by atoms with Crippen LogP contribution < -0.4 is 5.32 Å². The number of aryl methyl sites for hydroxylation is 1. The van der Waals surface area contributed by atoms with E-state index in [0.717, 1.165) is 6.54 Å². The Balaban J connectivity index is 1.88. The van der Waals surface area contributed by atoms with Gasteiger partial charge in [0.2, 0.25) is 0 Å². The fourth-order valence-corrected chi connectivity index (χ4v) is 3.27. The van der Waals surface area contributed by atoms with Crippen LogP contribution in [0.5, 0.6) is 0 Å². The fourth-order valence-electron chi connectivity index (χ4n) is 3.27. The second-order valence-corrected chi connectivity index (χ2v) is 6.03. The van der Waals surface area contributed by atoms with Crippen molar-refractivity contribution in [2.45, 2.75) is 45.3 Å². The number of nitrogens with one attached hydrogen (secondary N) is 1. The monoisotopic (exact) mass is 290 g/mol. The number of methoxy groups -OCH3 is 1. The van der Waals surface area contributed by atoms with Crippen LogP contribution in [-0.4, -0.2) is 44.3 Å². The molecular formula is C18H30N2O.